The number of ether oxygens (including phenoxy) is 2. The second-order valence-corrected chi connectivity index (χ2v) is 6.58. The lowest BCUT2D eigenvalue weighted by Crippen LogP contribution is -2.38. The first kappa shape index (κ1) is 14.1. The SMILES string of the molecule is Ic1nc(NCc2nccs2)c2nc(OC3COC3)[nH]c2n1. The molecule has 0 bridgehead atoms. The summed E-state index contributed by atoms with van der Waals surface area (Å²) in [7, 11) is 0. The number of rotatable bonds is 5. The van der Waals surface area contributed by atoms with E-state index in [1.165, 1.54) is 0 Å². The maximum absolute atomic E-state index is 5.68. The van der Waals surface area contributed by atoms with E-state index in [1.54, 1.807) is 17.5 Å². The smallest absolute Gasteiger partial charge is 0.296 e. The van der Waals surface area contributed by atoms with Gasteiger partial charge in [0.15, 0.2) is 20.8 Å². The van der Waals surface area contributed by atoms with Crippen molar-refractivity contribution < 1.29 is 9.47 Å². The Kier molecular flexibility index (Phi) is 3.80. The van der Waals surface area contributed by atoms with E-state index in [9.17, 15) is 0 Å². The van der Waals surface area contributed by atoms with Crippen LogP contribution in [0, 0.1) is 3.83 Å². The van der Waals surface area contributed by atoms with Crippen LogP contribution in [0.2, 0.25) is 0 Å². The number of aromatic amines is 1. The summed E-state index contributed by atoms with van der Waals surface area (Å²) in [6, 6.07) is 0.442. The number of nitrogens with zero attached hydrogens (tertiary/aromatic N) is 4. The van der Waals surface area contributed by atoms with Crippen LogP contribution >= 0.6 is 33.9 Å². The first-order chi connectivity index (χ1) is 10.8. The van der Waals surface area contributed by atoms with Crippen LogP contribution in [-0.2, 0) is 11.3 Å². The highest BCUT2D eigenvalue weighted by Crippen LogP contribution is 2.23. The molecule has 3 aromatic rings. The Morgan fingerprint density at radius 2 is 2.32 bits per heavy atom. The highest BCUT2D eigenvalue weighted by atomic mass is 127. The molecule has 1 aliphatic heterocycles. The van der Waals surface area contributed by atoms with Crippen LogP contribution in [0.4, 0.5) is 5.82 Å². The lowest BCUT2D eigenvalue weighted by molar-refractivity contribution is -0.0827. The van der Waals surface area contributed by atoms with Crippen molar-refractivity contribution in [1.29, 1.82) is 0 Å². The monoisotopic (exact) mass is 430 g/mol. The van der Waals surface area contributed by atoms with Crippen molar-refractivity contribution in [1.82, 2.24) is 24.9 Å². The molecule has 0 aromatic carbocycles. The number of hydrogen-bond donors (Lipinski definition) is 2. The lowest BCUT2D eigenvalue weighted by atomic mass is 10.3. The van der Waals surface area contributed by atoms with Crippen molar-refractivity contribution >= 4 is 50.9 Å². The number of nitrogens with one attached hydrogen (secondary N) is 2. The largest absolute Gasteiger partial charge is 0.457 e. The topological polar surface area (TPSA) is 97.8 Å². The second kappa shape index (κ2) is 5.93. The van der Waals surface area contributed by atoms with E-state index in [2.05, 4.69) is 52.8 Å². The third kappa shape index (κ3) is 2.85. The molecule has 1 aliphatic rings. The molecule has 8 nitrogen and oxygen atoms in total. The Balaban J connectivity index is 1.60. The van der Waals surface area contributed by atoms with Crippen molar-refractivity contribution in [2.24, 2.45) is 0 Å². The molecule has 4 rings (SSSR count). The molecular weight excluding hydrogens is 419 g/mol. The van der Waals surface area contributed by atoms with Gasteiger partial charge in [0.05, 0.1) is 19.8 Å². The molecule has 114 valence electrons. The number of thiazole rings is 1. The summed E-state index contributed by atoms with van der Waals surface area (Å²) in [6.07, 6.45) is 1.83. The van der Waals surface area contributed by atoms with Crippen molar-refractivity contribution in [2.75, 3.05) is 18.5 Å². The summed E-state index contributed by atoms with van der Waals surface area (Å²) in [4.78, 5) is 20.5. The molecule has 1 fully saturated rings. The summed E-state index contributed by atoms with van der Waals surface area (Å²) in [5.41, 5.74) is 1.31. The van der Waals surface area contributed by atoms with E-state index in [-0.39, 0.29) is 6.10 Å². The summed E-state index contributed by atoms with van der Waals surface area (Å²) in [6.45, 7) is 1.78. The highest BCUT2D eigenvalue weighted by Gasteiger charge is 2.22. The van der Waals surface area contributed by atoms with Gasteiger partial charge in [-0.25, -0.2) is 15.0 Å². The molecule has 0 aliphatic carbocycles. The molecule has 3 aromatic heterocycles. The molecule has 0 radical (unpaired) electrons. The fourth-order valence-corrected chi connectivity index (χ4v) is 3.01. The maximum Gasteiger partial charge on any atom is 0.296 e. The van der Waals surface area contributed by atoms with Gasteiger partial charge < -0.3 is 14.8 Å². The molecule has 22 heavy (non-hydrogen) atoms. The predicted octanol–water partition coefficient (Wildman–Crippen LogP) is 1.80. The molecule has 1 saturated heterocycles. The van der Waals surface area contributed by atoms with Crippen LogP contribution in [-0.4, -0.2) is 44.2 Å². The zero-order chi connectivity index (χ0) is 14.9. The van der Waals surface area contributed by atoms with Gasteiger partial charge in [0.2, 0.25) is 0 Å². The standard InChI is InChI=1S/C12H11IN6O2S/c13-11-17-9(15-3-7-14-1-2-22-7)8-10(18-11)19-12(16-8)21-6-4-20-5-6/h1-2,6H,3-5H2,(H2,15,16,17,18,19). The van der Waals surface area contributed by atoms with Gasteiger partial charge in [-0.1, -0.05) is 0 Å². The number of anilines is 1. The van der Waals surface area contributed by atoms with Gasteiger partial charge in [-0.05, 0) is 0 Å². The average Bonchev–Trinajstić information content (AvgIpc) is 3.09. The Morgan fingerprint density at radius 1 is 1.41 bits per heavy atom. The normalized spacial score (nSPS) is 15.0. The number of hydrogen-bond acceptors (Lipinski definition) is 8. The Bertz CT molecular complexity index is 788. The zero-order valence-electron chi connectivity index (χ0n) is 11.2. The molecule has 4 heterocycles. The first-order valence-corrected chi connectivity index (χ1v) is 8.53. The maximum atomic E-state index is 5.68. The molecule has 0 spiro atoms. The Morgan fingerprint density at radius 3 is 3.05 bits per heavy atom. The van der Waals surface area contributed by atoms with Crippen LogP contribution in [0.15, 0.2) is 11.6 Å². The summed E-state index contributed by atoms with van der Waals surface area (Å²) in [5, 5.41) is 6.18. The molecule has 10 heteroatoms. The third-order valence-corrected chi connectivity index (χ3v) is 4.33. The second-order valence-electron chi connectivity index (χ2n) is 4.64. The number of H-pyrrole nitrogens is 1. The van der Waals surface area contributed by atoms with Gasteiger partial charge >= 0.3 is 0 Å². The van der Waals surface area contributed by atoms with Crippen molar-refractivity contribution in [2.45, 2.75) is 12.6 Å². The van der Waals surface area contributed by atoms with Gasteiger partial charge in [0, 0.05) is 34.2 Å². The summed E-state index contributed by atoms with van der Waals surface area (Å²) >= 11 is 3.67. The summed E-state index contributed by atoms with van der Waals surface area (Å²) < 4.78 is 11.4. The molecular formula is C12H11IN6O2S. The van der Waals surface area contributed by atoms with E-state index < -0.39 is 0 Å². The minimum absolute atomic E-state index is 0.0549. The Hall–Kier alpha value is -1.53. The third-order valence-electron chi connectivity index (χ3n) is 3.07. The van der Waals surface area contributed by atoms with Crippen molar-refractivity contribution in [3.05, 3.63) is 20.4 Å². The Labute approximate surface area is 142 Å². The van der Waals surface area contributed by atoms with E-state index in [4.69, 9.17) is 9.47 Å². The van der Waals surface area contributed by atoms with Crippen LogP contribution in [0.25, 0.3) is 11.2 Å². The fourth-order valence-electron chi connectivity index (χ4n) is 1.97. The number of imidazole rings is 1. The molecule has 2 N–H and O–H groups in total. The fraction of sp³-hybridized carbons (Fsp3) is 0.333. The van der Waals surface area contributed by atoms with Crippen molar-refractivity contribution in [3.8, 4) is 6.01 Å². The van der Waals surface area contributed by atoms with Crippen LogP contribution in [0.5, 0.6) is 6.01 Å². The molecule has 0 amide bonds. The molecule has 0 unspecified atom stereocenters. The van der Waals surface area contributed by atoms with Crippen LogP contribution < -0.4 is 10.1 Å². The minimum atomic E-state index is 0.0549. The average molecular weight is 430 g/mol. The van der Waals surface area contributed by atoms with Crippen LogP contribution in [0.1, 0.15) is 5.01 Å². The van der Waals surface area contributed by atoms with E-state index in [0.717, 1.165) is 5.01 Å². The van der Waals surface area contributed by atoms with Crippen LogP contribution in [0.3, 0.4) is 0 Å². The van der Waals surface area contributed by atoms with Gasteiger partial charge in [-0.3, -0.25) is 4.98 Å². The first-order valence-electron chi connectivity index (χ1n) is 6.58. The summed E-state index contributed by atoms with van der Waals surface area (Å²) in [5.74, 6) is 0.667. The van der Waals surface area contributed by atoms with E-state index in [1.807, 2.05) is 5.38 Å². The number of aromatic nitrogens is 5. The molecule has 0 atom stereocenters. The quantitative estimate of drug-likeness (QED) is 0.471. The minimum Gasteiger partial charge on any atom is -0.457 e. The van der Waals surface area contributed by atoms with Gasteiger partial charge in [0.1, 0.15) is 11.1 Å². The predicted molar refractivity (Wildman–Crippen MR) is 89.1 cm³/mol. The lowest BCUT2D eigenvalue weighted by Gasteiger charge is -2.24. The van der Waals surface area contributed by atoms with E-state index >= 15 is 0 Å². The van der Waals surface area contributed by atoms with Gasteiger partial charge in [-0.2, -0.15) is 4.98 Å². The molecule has 0 saturated carbocycles. The van der Waals surface area contributed by atoms with E-state index in [0.29, 0.717) is 46.6 Å². The highest BCUT2D eigenvalue weighted by molar-refractivity contribution is 14.1. The van der Waals surface area contributed by atoms with Crippen molar-refractivity contribution in [3.63, 3.8) is 0 Å². The number of fused-ring (bicyclic) bond motifs is 1. The van der Waals surface area contributed by atoms with Gasteiger partial charge in [-0.15, -0.1) is 11.3 Å². The number of halogens is 1. The van der Waals surface area contributed by atoms with Gasteiger partial charge in [0.25, 0.3) is 6.01 Å². The zero-order valence-corrected chi connectivity index (χ0v) is 14.2.